The zero-order chi connectivity index (χ0) is 10.6. The van der Waals surface area contributed by atoms with E-state index in [0.717, 1.165) is 30.1 Å². The second-order valence-corrected chi connectivity index (χ2v) is 3.58. The Hall–Kier alpha value is -1.25. The summed E-state index contributed by atoms with van der Waals surface area (Å²) in [6.07, 6.45) is 3.04. The summed E-state index contributed by atoms with van der Waals surface area (Å²) in [6, 6.07) is 0. The molecule has 0 unspecified atom stereocenters. The van der Waals surface area contributed by atoms with Gasteiger partial charge < -0.3 is 9.84 Å². The number of nitrogens with zero attached hydrogens (tertiary/aromatic N) is 1. The molecular weight excluding hydrogens is 176 g/mol. The van der Waals surface area contributed by atoms with Gasteiger partial charge in [0.15, 0.2) is 5.76 Å². The molecule has 0 aliphatic carbocycles. The molecule has 0 fully saturated rings. The van der Waals surface area contributed by atoms with Crippen molar-refractivity contribution in [1.82, 2.24) is 5.16 Å². The molecule has 0 aliphatic rings. The molecule has 14 heavy (non-hydrogen) atoms. The van der Waals surface area contributed by atoms with Crippen LogP contribution in [0.3, 0.4) is 0 Å². The molecule has 0 saturated carbocycles. The van der Waals surface area contributed by atoms with Crippen LogP contribution < -0.4 is 5.32 Å². The van der Waals surface area contributed by atoms with Gasteiger partial charge in [0, 0.05) is 6.54 Å². The molecule has 0 aliphatic heterocycles. The van der Waals surface area contributed by atoms with Crippen molar-refractivity contribution in [1.29, 1.82) is 0 Å². The van der Waals surface area contributed by atoms with E-state index < -0.39 is 0 Å². The molecule has 0 bridgehead atoms. The van der Waals surface area contributed by atoms with Gasteiger partial charge in [0.05, 0.1) is 0 Å². The van der Waals surface area contributed by atoms with Crippen LogP contribution in [0.15, 0.2) is 16.2 Å². The summed E-state index contributed by atoms with van der Waals surface area (Å²) >= 11 is 0. The van der Waals surface area contributed by atoms with Crippen LogP contribution in [0.4, 0.5) is 5.69 Å². The number of hydrogen-bond acceptors (Lipinski definition) is 3. The van der Waals surface area contributed by atoms with Gasteiger partial charge in [0.1, 0.15) is 11.4 Å². The van der Waals surface area contributed by atoms with E-state index in [0.29, 0.717) is 0 Å². The smallest absolute Gasteiger partial charge is 0.157 e. The largest absolute Gasteiger partial charge is 0.377 e. The Balaban J connectivity index is 2.65. The van der Waals surface area contributed by atoms with E-state index in [1.807, 2.05) is 6.92 Å². The minimum absolute atomic E-state index is 0.831. The van der Waals surface area contributed by atoms with Crippen molar-refractivity contribution in [2.24, 2.45) is 0 Å². The van der Waals surface area contributed by atoms with E-state index in [1.54, 1.807) is 0 Å². The Morgan fingerprint density at radius 3 is 2.79 bits per heavy atom. The number of hydrogen-bond donors (Lipinski definition) is 1. The number of aromatic nitrogens is 1. The van der Waals surface area contributed by atoms with Crippen molar-refractivity contribution in [2.75, 3.05) is 11.9 Å². The lowest BCUT2D eigenvalue weighted by Crippen LogP contribution is -2.01. The number of rotatable bonds is 4. The summed E-state index contributed by atoms with van der Waals surface area (Å²) in [6.45, 7) is 9.00. The highest BCUT2D eigenvalue weighted by atomic mass is 16.5. The third-order valence-corrected chi connectivity index (χ3v) is 2.06. The molecule has 0 spiro atoms. The van der Waals surface area contributed by atoms with Crippen molar-refractivity contribution in [2.45, 2.75) is 34.1 Å². The third kappa shape index (κ3) is 2.62. The van der Waals surface area contributed by atoms with E-state index >= 15 is 0 Å². The predicted octanol–water partition coefficient (Wildman–Crippen LogP) is 2.92. The molecule has 0 aromatic carbocycles. The summed E-state index contributed by atoms with van der Waals surface area (Å²) in [7, 11) is 0. The molecule has 0 saturated heterocycles. The number of anilines is 1. The van der Waals surface area contributed by atoms with Gasteiger partial charge in [-0.15, -0.1) is 0 Å². The van der Waals surface area contributed by atoms with Gasteiger partial charge in [-0.2, -0.15) is 0 Å². The van der Waals surface area contributed by atoms with E-state index in [4.69, 9.17) is 4.52 Å². The molecular formula is C11H18N2O. The van der Waals surface area contributed by atoms with E-state index in [1.165, 1.54) is 5.57 Å². The zero-order valence-corrected chi connectivity index (χ0v) is 9.35. The van der Waals surface area contributed by atoms with Crippen LogP contribution in [-0.2, 0) is 6.42 Å². The summed E-state index contributed by atoms with van der Waals surface area (Å²) in [5.41, 5.74) is 3.36. The fourth-order valence-corrected chi connectivity index (χ4v) is 1.24. The Kier molecular flexibility index (Phi) is 3.74. The highest BCUT2D eigenvalue weighted by molar-refractivity contribution is 5.51. The average Bonchev–Trinajstić information content (AvgIpc) is 2.47. The molecule has 78 valence electrons. The molecule has 3 nitrogen and oxygen atoms in total. The molecule has 0 radical (unpaired) electrons. The molecule has 0 amide bonds. The van der Waals surface area contributed by atoms with Crippen LogP contribution in [0.25, 0.3) is 0 Å². The SMILES string of the molecule is CCc1noc(C)c1NCC=C(C)C. The van der Waals surface area contributed by atoms with Crippen molar-refractivity contribution < 1.29 is 4.52 Å². The standard InChI is InChI=1S/C11H18N2O/c1-5-10-11(9(4)14-13-10)12-7-6-8(2)3/h6,12H,5,7H2,1-4H3. The maximum absolute atomic E-state index is 5.11. The quantitative estimate of drug-likeness (QED) is 0.749. The third-order valence-electron chi connectivity index (χ3n) is 2.06. The summed E-state index contributed by atoms with van der Waals surface area (Å²) in [4.78, 5) is 0. The molecule has 1 aromatic rings. The molecule has 3 heteroatoms. The highest BCUT2D eigenvalue weighted by Crippen LogP contribution is 2.19. The molecule has 1 aromatic heterocycles. The number of allylic oxidation sites excluding steroid dienone is 1. The number of nitrogens with one attached hydrogen (secondary N) is 1. The van der Waals surface area contributed by atoms with Crippen molar-refractivity contribution in [3.8, 4) is 0 Å². The van der Waals surface area contributed by atoms with Gasteiger partial charge in [-0.3, -0.25) is 0 Å². The Bertz CT molecular complexity index is 322. The average molecular weight is 194 g/mol. The molecule has 0 atom stereocenters. The van der Waals surface area contributed by atoms with Crippen LogP contribution in [0.2, 0.25) is 0 Å². The molecule has 1 heterocycles. The second kappa shape index (κ2) is 4.84. The lowest BCUT2D eigenvalue weighted by atomic mass is 10.2. The van der Waals surface area contributed by atoms with Gasteiger partial charge in [0.2, 0.25) is 0 Å². The van der Waals surface area contributed by atoms with Gasteiger partial charge in [-0.1, -0.05) is 23.7 Å². The first kappa shape index (κ1) is 10.8. The predicted molar refractivity (Wildman–Crippen MR) is 58.5 cm³/mol. The van der Waals surface area contributed by atoms with Gasteiger partial charge in [-0.05, 0) is 27.2 Å². The van der Waals surface area contributed by atoms with Crippen LogP contribution in [0.5, 0.6) is 0 Å². The van der Waals surface area contributed by atoms with E-state index in [9.17, 15) is 0 Å². The maximum atomic E-state index is 5.11. The maximum Gasteiger partial charge on any atom is 0.157 e. The fraction of sp³-hybridized carbons (Fsp3) is 0.545. The highest BCUT2D eigenvalue weighted by Gasteiger charge is 2.09. The second-order valence-electron chi connectivity index (χ2n) is 3.58. The minimum Gasteiger partial charge on any atom is -0.377 e. The molecule has 1 N–H and O–H groups in total. The van der Waals surface area contributed by atoms with Crippen LogP contribution in [0, 0.1) is 6.92 Å². The summed E-state index contributed by atoms with van der Waals surface area (Å²) in [5.74, 6) is 0.865. The Morgan fingerprint density at radius 1 is 1.50 bits per heavy atom. The van der Waals surface area contributed by atoms with Gasteiger partial charge in [0.25, 0.3) is 0 Å². The van der Waals surface area contributed by atoms with Gasteiger partial charge >= 0.3 is 0 Å². The van der Waals surface area contributed by atoms with Crippen molar-refractivity contribution in [3.05, 3.63) is 23.1 Å². The number of aryl methyl sites for hydroxylation is 2. The topological polar surface area (TPSA) is 38.1 Å². The van der Waals surface area contributed by atoms with Crippen molar-refractivity contribution in [3.63, 3.8) is 0 Å². The van der Waals surface area contributed by atoms with Crippen LogP contribution in [0.1, 0.15) is 32.2 Å². The Labute approximate surface area is 85.2 Å². The Morgan fingerprint density at radius 2 is 2.21 bits per heavy atom. The summed E-state index contributed by atoms with van der Waals surface area (Å²) in [5, 5.41) is 7.28. The van der Waals surface area contributed by atoms with E-state index in [2.05, 4.69) is 37.3 Å². The zero-order valence-electron chi connectivity index (χ0n) is 9.35. The van der Waals surface area contributed by atoms with Crippen LogP contribution in [-0.4, -0.2) is 11.7 Å². The first-order chi connectivity index (χ1) is 6.65. The van der Waals surface area contributed by atoms with Gasteiger partial charge in [-0.25, -0.2) is 0 Å². The van der Waals surface area contributed by atoms with Crippen LogP contribution >= 0.6 is 0 Å². The first-order valence-corrected chi connectivity index (χ1v) is 4.97. The fourth-order valence-electron chi connectivity index (χ4n) is 1.24. The normalized spacial score (nSPS) is 10.0. The lowest BCUT2D eigenvalue weighted by molar-refractivity contribution is 0.391. The van der Waals surface area contributed by atoms with E-state index in [-0.39, 0.29) is 0 Å². The minimum atomic E-state index is 0.831. The monoisotopic (exact) mass is 194 g/mol. The lowest BCUT2D eigenvalue weighted by Gasteiger charge is -2.02. The molecule has 1 rings (SSSR count). The summed E-state index contributed by atoms with van der Waals surface area (Å²) < 4.78 is 5.11. The van der Waals surface area contributed by atoms with Crippen molar-refractivity contribution >= 4 is 5.69 Å². The first-order valence-electron chi connectivity index (χ1n) is 4.97.